The molecule has 1 aromatic carbocycles. The predicted molar refractivity (Wildman–Crippen MR) is 81.3 cm³/mol. The second kappa shape index (κ2) is 7.79. The molecule has 0 unspecified atom stereocenters. The number of hydrogen-bond donors (Lipinski definition) is 1. The second-order valence-corrected chi connectivity index (χ2v) is 4.33. The average molecular weight is 283 g/mol. The topological polar surface area (TPSA) is 63.6 Å². The number of pyridine rings is 1. The van der Waals surface area contributed by atoms with Gasteiger partial charge in [-0.15, -0.1) is 0 Å². The van der Waals surface area contributed by atoms with Crippen LogP contribution >= 0.6 is 0 Å². The van der Waals surface area contributed by atoms with Crippen molar-refractivity contribution < 1.29 is 9.53 Å². The van der Waals surface area contributed by atoms with Crippen LogP contribution < -0.4 is 10.2 Å². The first-order valence-electron chi connectivity index (χ1n) is 6.71. The molecule has 0 atom stereocenters. The lowest BCUT2D eigenvalue weighted by Crippen LogP contribution is -2.19. The number of amides is 1. The van der Waals surface area contributed by atoms with Crippen LogP contribution in [0.15, 0.2) is 53.9 Å². The van der Waals surface area contributed by atoms with Crippen LogP contribution in [0.2, 0.25) is 0 Å². The van der Waals surface area contributed by atoms with E-state index in [1.165, 1.54) is 0 Å². The standard InChI is InChI=1S/C16H17N3O2/c1-2-21-15-7-5-13(6-8-15)10-16(20)19-18-12-14-4-3-9-17-11-14/h3-9,11-12H,2,10H2,1H3,(H,19,20)/b18-12+. The van der Waals surface area contributed by atoms with Crippen molar-refractivity contribution in [2.75, 3.05) is 6.61 Å². The number of aromatic nitrogens is 1. The summed E-state index contributed by atoms with van der Waals surface area (Å²) in [6.45, 7) is 2.56. The molecule has 2 rings (SSSR count). The van der Waals surface area contributed by atoms with Gasteiger partial charge in [-0.2, -0.15) is 5.10 Å². The number of rotatable bonds is 6. The Kier molecular flexibility index (Phi) is 5.46. The van der Waals surface area contributed by atoms with E-state index in [0.717, 1.165) is 16.9 Å². The van der Waals surface area contributed by atoms with Crippen LogP contribution in [-0.4, -0.2) is 23.7 Å². The number of carbonyl (C=O) groups excluding carboxylic acids is 1. The van der Waals surface area contributed by atoms with Crippen molar-refractivity contribution >= 4 is 12.1 Å². The summed E-state index contributed by atoms with van der Waals surface area (Å²) in [6, 6.07) is 11.1. The molecule has 0 saturated heterocycles. The molecule has 1 N–H and O–H groups in total. The van der Waals surface area contributed by atoms with Crippen molar-refractivity contribution in [3.8, 4) is 5.75 Å². The Labute approximate surface area is 123 Å². The Morgan fingerprint density at radius 2 is 2.14 bits per heavy atom. The third kappa shape index (κ3) is 5.06. The molecule has 0 saturated carbocycles. The normalized spacial score (nSPS) is 10.5. The Balaban J connectivity index is 1.83. The van der Waals surface area contributed by atoms with Gasteiger partial charge in [-0.05, 0) is 30.7 Å². The lowest BCUT2D eigenvalue weighted by molar-refractivity contribution is -0.120. The number of hydrogen-bond acceptors (Lipinski definition) is 4. The Morgan fingerprint density at radius 3 is 2.81 bits per heavy atom. The molecular formula is C16H17N3O2. The van der Waals surface area contributed by atoms with E-state index >= 15 is 0 Å². The number of hydrazone groups is 1. The Bertz CT molecular complexity index is 595. The van der Waals surface area contributed by atoms with Gasteiger partial charge in [0.1, 0.15) is 5.75 Å². The molecule has 0 aliphatic heterocycles. The van der Waals surface area contributed by atoms with Crippen LogP contribution in [-0.2, 0) is 11.2 Å². The van der Waals surface area contributed by atoms with Crippen LogP contribution in [0.5, 0.6) is 5.75 Å². The number of carbonyl (C=O) groups is 1. The SMILES string of the molecule is CCOc1ccc(CC(=O)N/N=C/c2cccnc2)cc1. The number of ether oxygens (including phenoxy) is 1. The number of benzene rings is 1. The Hall–Kier alpha value is -2.69. The molecule has 0 fully saturated rings. The van der Waals surface area contributed by atoms with Gasteiger partial charge in [0.05, 0.1) is 19.2 Å². The molecule has 108 valence electrons. The molecule has 1 heterocycles. The highest BCUT2D eigenvalue weighted by Crippen LogP contribution is 2.12. The lowest BCUT2D eigenvalue weighted by atomic mass is 10.1. The molecule has 5 heteroatoms. The quantitative estimate of drug-likeness (QED) is 0.653. The van der Waals surface area contributed by atoms with Crippen molar-refractivity contribution in [2.45, 2.75) is 13.3 Å². The number of nitrogens with one attached hydrogen (secondary N) is 1. The van der Waals surface area contributed by atoms with Crippen molar-refractivity contribution in [1.82, 2.24) is 10.4 Å². The van der Waals surface area contributed by atoms with E-state index in [1.54, 1.807) is 18.6 Å². The van der Waals surface area contributed by atoms with Crippen LogP contribution in [0.4, 0.5) is 0 Å². The zero-order valence-electron chi connectivity index (χ0n) is 11.8. The van der Waals surface area contributed by atoms with E-state index in [9.17, 15) is 4.79 Å². The molecule has 0 spiro atoms. The van der Waals surface area contributed by atoms with Crippen molar-refractivity contribution in [1.29, 1.82) is 0 Å². The van der Waals surface area contributed by atoms with Gasteiger partial charge in [-0.3, -0.25) is 9.78 Å². The molecule has 2 aromatic rings. The zero-order valence-corrected chi connectivity index (χ0v) is 11.8. The molecule has 1 aromatic heterocycles. The summed E-state index contributed by atoms with van der Waals surface area (Å²) < 4.78 is 5.35. The second-order valence-electron chi connectivity index (χ2n) is 4.33. The largest absolute Gasteiger partial charge is 0.494 e. The van der Waals surface area contributed by atoms with E-state index < -0.39 is 0 Å². The minimum absolute atomic E-state index is 0.167. The summed E-state index contributed by atoms with van der Waals surface area (Å²) in [5, 5.41) is 3.90. The molecular weight excluding hydrogens is 266 g/mol. The van der Waals surface area contributed by atoms with Crippen LogP contribution in [0.25, 0.3) is 0 Å². The maximum absolute atomic E-state index is 11.7. The summed E-state index contributed by atoms with van der Waals surface area (Å²) in [5.41, 5.74) is 4.23. The predicted octanol–water partition coefficient (Wildman–Crippen LogP) is 2.17. The highest BCUT2D eigenvalue weighted by atomic mass is 16.5. The Morgan fingerprint density at radius 1 is 1.33 bits per heavy atom. The fraction of sp³-hybridized carbons (Fsp3) is 0.188. The minimum atomic E-state index is -0.167. The van der Waals surface area contributed by atoms with Gasteiger partial charge in [0.2, 0.25) is 5.91 Å². The van der Waals surface area contributed by atoms with Gasteiger partial charge < -0.3 is 4.74 Å². The highest BCUT2D eigenvalue weighted by molar-refractivity contribution is 5.82. The number of nitrogens with zero attached hydrogens (tertiary/aromatic N) is 2. The molecule has 0 radical (unpaired) electrons. The van der Waals surface area contributed by atoms with Crippen molar-refractivity contribution in [3.63, 3.8) is 0 Å². The smallest absolute Gasteiger partial charge is 0.244 e. The minimum Gasteiger partial charge on any atom is -0.494 e. The molecule has 0 bridgehead atoms. The van der Waals surface area contributed by atoms with Gasteiger partial charge >= 0.3 is 0 Å². The summed E-state index contributed by atoms with van der Waals surface area (Å²) in [6.07, 6.45) is 5.18. The summed E-state index contributed by atoms with van der Waals surface area (Å²) in [5.74, 6) is 0.635. The van der Waals surface area contributed by atoms with E-state index in [2.05, 4.69) is 15.5 Å². The summed E-state index contributed by atoms with van der Waals surface area (Å²) in [7, 11) is 0. The highest BCUT2D eigenvalue weighted by Gasteiger charge is 2.02. The molecule has 1 amide bonds. The van der Waals surface area contributed by atoms with E-state index in [1.807, 2.05) is 43.3 Å². The first-order chi connectivity index (χ1) is 10.3. The third-order valence-corrected chi connectivity index (χ3v) is 2.69. The van der Waals surface area contributed by atoms with Crippen LogP contribution in [0.3, 0.4) is 0 Å². The summed E-state index contributed by atoms with van der Waals surface area (Å²) in [4.78, 5) is 15.7. The van der Waals surface area contributed by atoms with Gasteiger partial charge in [-0.25, -0.2) is 5.43 Å². The monoisotopic (exact) mass is 283 g/mol. The van der Waals surface area contributed by atoms with E-state index in [0.29, 0.717) is 6.61 Å². The average Bonchev–Trinajstić information content (AvgIpc) is 2.51. The van der Waals surface area contributed by atoms with Crippen molar-refractivity contribution in [3.05, 3.63) is 59.9 Å². The molecule has 0 aliphatic rings. The van der Waals surface area contributed by atoms with E-state index in [-0.39, 0.29) is 12.3 Å². The van der Waals surface area contributed by atoms with Crippen LogP contribution in [0.1, 0.15) is 18.1 Å². The first-order valence-corrected chi connectivity index (χ1v) is 6.71. The van der Waals surface area contributed by atoms with Crippen LogP contribution in [0, 0.1) is 0 Å². The fourth-order valence-corrected chi connectivity index (χ4v) is 1.73. The third-order valence-electron chi connectivity index (χ3n) is 2.69. The molecule has 0 aliphatic carbocycles. The molecule has 21 heavy (non-hydrogen) atoms. The molecule has 5 nitrogen and oxygen atoms in total. The maximum atomic E-state index is 11.7. The van der Waals surface area contributed by atoms with Gasteiger partial charge in [0.15, 0.2) is 0 Å². The zero-order chi connectivity index (χ0) is 14.9. The van der Waals surface area contributed by atoms with E-state index in [4.69, 9.17) is 4.74 Å². The van der Waals surface area contributed by atoms with Gasteiger partial charge in [0, 0.05) is 18.0 Å². The fourth-order valence-electron chi connectivity index (χ4n) is 1.73. The van der Waals surface area contributed by atoms with Crippen molar-refractivity contribution in [2.24, 2.45) is 5.10 Å². The summed E-state index contributed by atoms with van der Waals surface area (Å²) >= 11 is 0. The lowest BCUT2D eigenvalue weighted by Gasteiger charge is -2.04. The first kappa shape index (κ1) is 14.7. The van der Waals surface area contributed by atoms with Gasteiger partial charge in [-0.1, -0.05) is 18.2 Å². The maximum Gasteiger partial charge on any atom is 0.244 e. The van der Waals surface area contributed by atoms with Gasteiger partial charge in [0.25, 0.3) is 0 Å².